The van der Waals surface area contributed by atoms with E-state index in [9.17, 15) is 5.11 Å². The average Bonchev–Trinajstić information content (AvgIpc) is 2.55. The van der Waals surface area contributed by atoms with Crippen LogP contribution >= 0.6 is 24.8 Å². The smallest absolute Gasteiger partial charge is 0.0943 e. The second-order valence-corrected chi connectivity index (χ2v) is 6.95. The number of benzene rings is 1. The number of nitrogens with zero attached hydrogens (tertiary/aromatic N) is 1. The number of rotatable bonds is 8. The summed E-state index contributed by atoms with van der Waals surface area (Å²) in [5.41, 5.74) is 1.01. The van der Waals surface area contributed by atoms with Gasteiger partial charge in [-0.25, -0.2) is 0 Å². The van der Waals surface area contributed by atoms with Crippen LogP contribution in [-0.4, -0.2) is 42.2 Å². The molecule has 1 heterocycles. The van der Waals surface area contributed by atoms with Crippen molar-refractivity contribution in [3.63, 3.8) is 0 Å². The minimum absolute atomic E-state index is 0. The molecule has 140 valence electrons. The number of halogens is 2. The van der Waals surface area contributed by atoms with Crippen LogP contribution in [0.2, 0.25) is 0 Å². The molecule has 0 saturated carbocycles. The number of piperidine rings is 1. The molecule has 0 bridgehead atoms. The lowest BCUT2D eigenvalue weighted by Gasteiger charge is -2.30. The molecule has 2 N–H and O–H groups in total. The molecule has 1 aromatic carbocycles. The molecule has 0 aliphatic carbocycles. The summed E-state index contributed by atoms with van der Waals surface area (Å²) in [6.07, 6.45) is 4.62. The second-order valence-electron chi connectivity index (χ2n) is 6.95. The lowest BCUT2D eigenvalue weighted by molar-refractivity contribution is 0.113. The monoisotopic (exact) mass is 376 g/mol. The third kappa shape index (κ3) is 8.17. The Kier molecular flexibility index (Phi) is 12.8. The highest BCUT2D eigenvalue weighted by molar-refractivity contribution is 5.85. The zero-order valence-electron chi connectivity index (χ0n) is 15.0. The van der Waals surface area contributed by atoms with E-state index in [0.717, 1.165) is 25.1 Å². The first-order valence-electron chi connectivity index (χ1n) is 8.85. The van der Waals surface area contributed by atoms with Gasteiger partial charge in [0, 0.05) is 19.1 Å². The highest BCUT2D eigenvalue weighted by Crippen LogP contribution is 2.21. The summed E-state index contributed by atoms with van der Waals surface area (Å²) < 4.78 is 0. The molecule has 0 radical (unpaired) electrons. The lowest BCUT2D eigenvalue weighted by atomic mass is 9.94. The first-order chi connectivity index (χ1) is 10.7. The largest absolute Gasteiger partial charge is 0.387 e. The van der Waals surface area contributed by atoms with Gasteiger partial charge in [-0.2, -0.15) is 0 Å². The maximum Gasteiger partial charge on any atom is 0.0943 e. The molecular weight excluding hydrogens is 343 g/mol. The Morgan fingerprint density at radius 1 is 1.04 bits per heavy atom. The van der Waals surface area contributed by atoms with E-state index in [4.69, 9.17) is 0 Å². The standard InChI is InChI=1S/C19H32N2O.2ClH/c1-16(2)15-18(19(22)17-9-5-3-6-10-17)20-11-14-21-12-7-4-8-13-21;;/h3,5-6,9-10,16,18-20,22H,4,7-8,11-15H2,1-2H3;2*1H. The summed E-state index contributed by atoms with van der Waals surface area (Å²) in [5, 5.41) is 14.3. The van der Waals surface area contributed by atoms with Crippen molar-refractivity contribution < 1.29 is 5.11 Å². The van der Waals surface area contributed by atoms with Crippen LogP contribution in [0.1, 0.15) is 51.2 Å². The quantitative estimate of drug-likeness (QED) is 0.717. The van der Waals surface area contributed by atoms with Crippen LogP contribution in [0.3, 0.4) is 0 Å². The fourth-order valence-corrected chi connectivity index (χ4v) is 3.31. The Bertz CT molecular complexity index is 411. The van der Waals surface area contributed by atoms with Crippen molar-refractivity contribution in [2.75, 3.05) is 26.2 Å². The summed E-state index contributed by atoms with van der Waals surface area (Å²) in [5.74, 6) is 0.575. The average molecular weight is 377 g/mol. The van der Waals surface area contributed by atoms with Gasteiger partial charge < -0.3 is 15.3 Å². The van der Waals surface area contributed by atoms with E-state index in [-0.39, 0.29) is 30.9 Å². The van der Waals surface area contributed by atoms with Crippen LogP contribution < -0.4 is 5.32 Å². The first kappa shape index (κ1) is 23.7. The van der Waals surface area contributed by atoms with Crippen molar-refractivity contribution in [1.29, 1.82) is 0 Å². The number of nitrogens with one attached hydrogen (secondary N) is 1. The van der Waals surface area contributed by atoms with Gasteiger partial charge in [0.15, 0.2) is 0 Å². The third-order valence-electron chi connectivity index (χ3n) is 4.53. The number of hydrogen-bond acceptors (Lipinski definition) is 3. The van der Waals surface area contributed by atoms with Crippen molar-refractivity contribution >= 4 is 24.8 Å². The van der Waals surface area contributed by atoms with Gasteiger partial charge in [0.25, 0.3) is 0 Å². The molecule has 1 aromatic rings. The number of aliphatic hydroxyl groups excluding tert-OH is 1. The van der Waals surface area contributed by atoms with E-state index in [1.54, 1.807) is 0 Å². The van der Waals surface area contributed by atoms with Gasteiger partial charge >= 0.3 is 0 Å². The molecule has 1 aliphatic heterocycles. The molecule has 2 unspecified atom stereocenters. The normalized spacial score (nSPS) is 17.7. The molecule has 5 heteroatoms. The van der Waals surface area contributed by atoms with Crippen LogP contribution in [0.15, 0.2) is 30.3 Å². The van der Waals surface area contributed by atoms with Gasteiger partial charge in [0.2, 0.25) is 0 Å². The molecular formula is C19H34Cl2N2O. The fraction of sp³-hybridized carbons (Fsp3) is 0.684. The van der Waals surface area contributed by atoms with Gasteiger partial charge in [-0.05, 0) is 43.8 Å². The molecule has 2 atom stereocenters. The molecule has 1 aliphatic rings. The molecule has 0 spiro atoms. The summed E-state index contributed by atoms with van der Waals surface area (Å²) in [6, 6.07) is 10.2. The Hall–Kier alpha value is -0.320. The topological polar surface area (TPSA) is 35.5 Å². The number of hydrogen-bond donors (Lipinski definition) is 2. The van der Waals surface area contributed by atoms with Gasteiger partial charge in [-0.3, -0.25) is 0 Å². The summed E-state index contributed by atoms with van der Waals surface area (Å²) in [6.45, 7) is 8.96. The number of likely N-dealkylation sites (tertiary alicyclic amines) is 1. The molecule has 2 rings (SSSR count). The molecule has 0 amide bonds. The van der Waals surface area contributed by atoms with Gasteiger partial charge in [-0.15, -0.1) is 24.8 Å². The van der Waals surface area contributed by atoms with Crippen molar-refractivity contribution in [1.82, 2.24) is 10.2 Å². The number of aliphatic hydroxyl groups is 1. The SMILES string of the molecule is CC(C)CC(NCCN1CCCCC1)C(O)c1ccccc1.Cl.Cl. The maximum absolute atomic E-state index is 10.7. The van der Waals surface area contributed by atoms with Crippen LogP contribution in [0.4, 0.5) is 0 Å². The van der Waals surface area contributed by atoms with Crippen molar-refractivity contribution in [3.8, 4) is 0 Å². The Balaban J connectivity index is 0.00000264. The maximum atomic E-state index is 10.7. The van der Waals surface area contributed by atoms with Crippen molar-refractivity contribution in [2.24, 2.45) is 5.92 Å². The predicted molar refractivity (Wildman–Crippen MR) is 107 cm³/mol. The lowest BCUT2D eigenvalue weighted by Crippen LogP contribution is -2.42. The second kappa shape index (κ2) is 13.0. The molecule has 0 aromatic heterocycles. The Morgan fingerprint density at radius 3 is 2.25 bits per heavy atom. The summed E-state index contributed by atoms with van der Waals surface area (Å²) >= 11 is 0. The van der Waals surface area contributed by atoms with E-state index >= 15 is 0 Å². The van der Waals surface area contributed by atoms with E-state index < -0.39 is 6.10 Å². The van der Waals surface area contributed by atoms with Crippen LogP contribution in [0, 0.1) is 5.92 Å². The Labute approximate surface area is 160 Å². The highest BCUT2D eigenvalue weighted by Gasteiger charge is 2.21. The van der Waals surface area contributed by atoms with Gasteiger partial charge in [0.05, 0.1) is 6.10 Å². The van der Waals surface area contributed by atoms with Gasteiger partial charge in [-0.1, -0.05) is 50.6 Å². The van der Waals surface area contributed by atoms with E-state index in [1.807, 2.05) is 30.3 Å². The van der Waals surface area contributed by atoms with E-state index in [2.05, 4.69) is 24.1 Å². The fourth-order valence-electron chi connectivity index (χ4n) is 3.31. The van der Waals surface area contributed by atoms with E-state index in [1.165, 1.54) is 32.4 Å². The van der Waals surface area contributed by atoms with Crippen molar-refractivity contribution in [2.45, 2.75) is 51.7 Å². The molecule has 24 heavy (non-hydrogen) atoms. The first-order valence-corrected chi connectivity index (χ1v) is 8.85. The minimum atomic E-state index is -0.426. The van der Waals surface area contributed by atoms with Crippen LogP contribution in [-0.2, 0) is 0 Å². The molecule has 1 saturated heterocycles. The van der Waals surface area contributed by atoms with E-state index in [0.29, 0.717) is 5.92 Å². The zero-order valence-corrected chi connectivity index (χ0v) is 16.6. The van der Waals surface area contributed by atoms with Crippen LogP contribution in [0.5, 0.6) is 0 Å². The third-order valence-corrected chi connectivity index (χ3v) is 4.53. The molecule has 3 nitrogen and oxygen atoms in total. The summed E-state index contributed by atoms with van der Waals surface area (Å²) in [4.78, 5) is 2.54. The van der Waals surface area contributed by atoms with Crippen LogP contribution in [0.25, 0.3) is 0 Å². The Morgan fingerprint density at radius 2 is 1.67 bits per heavy atom. The van der Waals surface area contributed by atoms with Crippen molar-refractivity contribution in [3.05, 3.63) is 35.9 Å². The van der Waals surface area contributed by atoms with Gasteiger partial charge in [0.1, 0.15) is 0 Å². The predicted octanol–water partition coefficient (Wildman–Crippen LogP) is 4.05. The molecule has 1 fully saturated rings. The highest BCUT2D eigenvalue weighted by atomic mass is 35.5. The summed E-state index contributed by atoms with van der Waals surface area (Å²) in [7, 11) is 0. The minimum Gasteiger partial charge on any atom is -0.387 e. The zero-order chi connectivity index (χ0) is 15.8.